The van der Waals surface area contributed by atoms with Crippen LogP contribution in [-0.4, -0.2) is 100 Å². The van der Waals surface area contributed by atoms with Crippen molar-refractivity contribution in [3.05, 3.63) is 108 Å². The molecule has 13 nitrogen and oxygen atoms in total. The Balaban J connectivity index is 0.768. The van der Waals surface area contributed by atoms with Gasteiger partial charge in [-0.05, 0) is 57.2 Å². The number of nitrogens with one attached hydrogen (secondary N) is 3. The number of aliphatic imine (C=N–C) groups is 1. The van der Waals surface area contributed by atoms with E-state index in [2.05, 4.69) is 151 Å². The summed E-state index contributed by atoms with van der Waals surface area (Å²) in [5.41, 5.74) is 12.3. The molecule has 7 rings (SSSR count). The topological polar surface area (TPSA) is 168 Å². The fraction of sp³-hybridized carbons (Fsp3) is 0.520. The smallest absolute Gasteiger partial charge is 0.407 e. The van der Waals surface area contributed by atoms with Gasteiger partial charge in [0.2, 0.25) is 11.5 Å². The molecule has 1 amide bonds. The normalized spacial score (nSPS) is 24.3. The van der Waals surface area contributed by atoms with Gasteiger partial charge in [-0.2, -0.15) is 4.58 Å². The van der Waals surface area contributed by atoms with Gasteiger partial charge in [0.15, 0.2) is 17.3 Å². The number of benzene rings is 2. The maximum Gasteiger partial charge on any atom is 0.407 e. The van der Waals surface area contributed by atoms with Crippen LogP contribution in [0.1, 0.15) is 109 Å². The van der Waals surface area contributed by atoms with Gasteiger partial charge in [-0.15, -0.1) is 0 Å². The van der Waals surface area contributed by atoms with Crippen LogP contribution in [0.4, 0.5) is 16.2 Å². The van der Waals surface area contributed by atoms with Gasteiger partial charge in [0.05, 0.1) is 17.3 Å². The van der Waals surface area contributed by atoms with Crippen molar-refractivity contribution in [3.63, 3.8) is 0 Å². The van der Waals surface area contributed by atoms with Crippen LogP contribution < -0.4 is 26.6 Å². The number of hydrogen-bond acceptors (Lipinski definition) is 11. The Labute approximate surface area is 373 Å². The molecular weight excluding hydrogens is 793 g/mol. The first kappa shape index (κ1) is 45.6. The zero-order valence-electron chi connectivity index (χ0n) is 38.0. The maximum absolute atomic E-state index is 12.7. The Kier molecular flexibility index (Phi) is 13.6. The standard InChI is InChI=1S/C50H68N8O5/c1-35-53-39(44-50(55-45(51)54-44)49(61,62)30-33-58(35)50)34-63-46(60)52-31-20-9-7-8-12-22-36(59)23-13-11-21-32-57-41-27-19-17-25-38(41)48(4,5)43(57)29-15-10-14-28-42-47(2,3)37-24-16-18-26-40(37)56(42)6/h10,14-19,24-29,39,44,53,61-62H,1,7-9,11-13,20-23,30-34H2,2-6H3,(H3-,51,52,54,55,60)/p+1. The molecular formula is C50H69N8O5+. The van der Waals surface area contributed by atoms with Crippen molar-refractivity contribution in [3.8, 4) is 0 Å². The van der Waals surface area contributed by atoms with Gasteiger partial charge >= 0.3 is 6.09 Å². The average Bonchev–Trinajstić information content (AvgIpc) is 3.88. The van der Waals surface area contributed by atoms with Gasteiger partial charge in [0.25, 0.3) is 0 Å². The molecule has 3 unspecified atom stereocenters. The van der Waals surface area contributed by atoms with Crippen LogP contribution in [0.25, 0.3) is 0 Å². The maximum atomic E-state index is 12.7. The quantitative estimate of drug-likeness (QED) is 0.0398. The van der Waals surface area contributed by atoms with Gasteiger partial charge in [-0.25, -0.2) is 9.79 Å². The first-order valence-electron chi connectivity index (χ1n) is 22.9. The number of ether oxygens (including phenoxy) is 1. The Morgan fingerprint density at radius 2 is 1.62 bits per heavy atom. The molecule has 0 aromatic heterocycles. The lowest BCUT2D eigenvalue weighted by molar-refractivity contribution is -0.401. The van der Waals surface area contributed by atoms with E-state index >= 15 is 0 Å². The molecule has 7 N–H and O–H groups in total. The number of rotatable bonds is 19. The number of ketones is 1. The van der Waals surface area contributed by atoms with Crippen LogP contribution in [-0.2, 0) is 20.4 Å². The number of fused-ring (bicyclic) bond motifs is 2. The van der Waals surface area contributed by atoms with Crippen LogP contribution in [0.15, 0.2) is 102 Å². The highest BCUT2D eigenvalue weighted by Crippen LogP contribution is 2.48. The monoisotopic (exact) mass is 862 g/mol. The number of anilines is 1. The number of amides is 1. The van der Waals surface area contributed by atoms with Gasteiger partial charge in [0, 0.05) is 73.4 Å². The molecule has 2 saturated heterocycles. The molecule has 2 aromatic carbocycles. The molecule has 5 heterocycles. The third-order valence-electron chi connectivity index (χ3n) is 13.9. The number of alkyl carbamates (subject to hydrolysis) is 1. The number of unbranched alkanes of at least 4 members (excludes halogenated alkanes) is 6. The third kappa shape index (κ3) is 9.04. The second kappa shape index (κ2) is 18.8. The molecule has 338 valence electrons. The van der Waals surface area contributed by atoms with Crippen LogP contribution in [0.3, 0.4) is 0 Å². The molecule has 0 bridgehead atoms. The van der Waals surface area contributed by atoms with E-state index in [0.717, 1.165) is 57.9 Å². The number of carbonyl (C=O) groups is 2. The van der Waals surface area contributed by atoms with E-state index in [1.807, 2.05) is 0 Å². The van der Waals surface area contributed by atoms with Crippen molar-refractivity contribution < 1.29 is 29.1 Å². The largest absolute Gasteiger partial charge is 0.447 e. The molecule has 2 aromatic rings. The summed E-state index contributed by atoms with van der Waals surface area (Å²) in [6.07, 6.45) is 19.3. The second-order valence-electron chi connectivity index (χ2n) is 18.8. The highest BCUT2D eigenvalue weighted by atomic mass is 16.5. The number of aliphatic hydroxyl groups is 2. The van der Waals surface area contributed by atoms with E-state index in [0.29, 0.717) is 37.5 Å². The minimum atomic E-state index is -2.10. The molecule has 0 aliphatic carbocycles. The van der Waals surface area contributed by atoms with Crippen molar-refractivity contribution in [2.75, 3.05) is 38.2 Å². The lowest BCUT2D eigenvalue weighted by atomic mass is 9.81. The van der Waals surface area contributed by atoms with Gasteiger partial charge < -0.3 is 46.4 Å². The SMILES string of the molecule is C=C1NC(COC(=O)NCCCCCCCC(=O)CCCCCN2C(=CC=CC=CC3=[N+](C)c4ccccc4C3(C)C)C(C)(C)c3ccccc32)C2N=C(N)NC23N1CCC3(O)O. The van der Waals surface area contributed by atoms with Crippen LogP contribution >= 0.6 is 0 Å². The van der Waals surface area contributed by atoms with E-state index in [1.165, 1.54) is 33.9 Å². The second-order valence-corrected chi connectivity index (χ2v) is 18.8. The number of nitrogens with two attached hydrogens (primary N) is 1. The van der Waals surface area contributed by atoms with Gasteiger partial charge in [0.1, 0.15) is 25.5 Å². The van der Waals surface area contributed by atoms with E-state index in [-0.39, 0.29) is 29.8 Å². The Bertz CT molecular complexity index is 2200. The molecule has 1 spiro atoms. The molecule has 5 aliphatic rings. The zero-order valence-corrected chi connectivity index (χ0v) is 38.0. The van der Waals surface area contributed by atoms with Crippen LogP contribution in [0.5, 0.6) is 0 Å². The van der Waals surface area contributed by atoms with Crippen molar-refractivity contribution in [2.24, 2.45) is 10.7 Å². The molecule has 63 heavy (non-hydrogen) atoms. The molecule has 0 saturated carbocycles. The fourth-order valence-electron chi connectivity index (χ4n) is 10.5. The summed E-state index contributed by atoms with van der Waals surface area (Å²) in [5.74, 6) is -1.18. The number of Topliss-reactive ketones (excluding diaryl/α,β-unsaturated/α-hetero) is 1. The summed E-state index contributed by atoms with van der Waals surface area (Å²) in [5, 5.41) is 30.6. The number of allylic oxidation sites excluding steroid dienone is 6. The summed E-state index contributed by atoms with van der Waals surface area (Å²) >= 11 is 0. The van der Waals surface area contributed by atoms with Crippen molar-refractivity contribution in [1.29, 1.82) is 0 Å². The molecule has 5 aliphatic heterocycles. The predicted molar refractivity (Wildman–Crippen MR) is 250 cm³/mol. The number of hydrogen-bond donors (Lipinski definition) is 6. The van der Waals surface area contributed by atoms with E-state index in [9.17, 15) is 19.8 Å². The summed E-state index contributed by atoms with van der Waals surface area (Å²) in [4.78, 5) is 33.9. The molecule has 13 heteroatoms. The number of carbonyl (C=O) groups excluding carboxylic acids is 2. The first-order chi connectivity index (χ1) is 30.1. The molecule has 3 atom stereocenters. The van der Waals surface area contributed by atoms with Crippen LogP contribution in [0, 0.1) is 0 Å². The third-order valence-corrected chi connectivity index (χ3v) is 13.9. The van der Waals surface area contributed by atoms with Gasteiger partial charge in [-0.3, -0.25) is 4.79 Å². The minimum Gasteiger partial charge on any atom is -0.447 e. The van der Waals surface area contributed by atoms with Crippen molar-refractivity contribution in [1.82, 2.24) is 20.9 Å². The van der Waals surface area contributed by atoms with Crippen molar-refractivity contribution in [2.45, 2.75) is 133 Å². The Morgan fingerprint density at radius 1 is 0.937 bits per heavy atom. The zero-order chi connectivity index (χ0) is 45.0. The summed E-state index contributed by atoms with van der Waals surface area (Å²) < 4.78 is 7.79. The first-order valence-corrected chi connectivity index (χ1v) is 22.9. The molecule has 0 radical (unpaired) electrons. The van der Waals surface area contributed by atoms with Gasteiger partial charge in [-0.1, -0.05) is 101 Å². The lowest BCUT2D eigenvalue weighted by Crippen LogP contribution is -2.77. The highest BCUT2D eigenvalue weighted by Gasteiger charge is 2.69. The summed E-state index contributed by atoms with van der Waals surface area (Å²) in [6, 6.07) is 16.1. The number of guanidine groups is 1. The van der Waals surface area contributed by atoms with E-state index < -0.39 is 29.6 Å². The number of nitrogens with zero attached hydrogens (tertiary/aromatic N) is 4. The van der Waals surface area contributed by atoms with Crippen LogP contribution in [0.2, 0.25) is 0 Å². The summed E-state index contributed by atoms with van der Waals surface area (Å²) in [7, 11) is 2.15. The fourth-order valence-corrected chi connectivity index (χ4v) is 10.5. The lowest BCUT2D eigenvalue weighted by Gasteiger charge is -2.51. The van der Waals surface area contributed by atoms with E-state index in [1.54, 1.807) is 4.90 Å². The van der Waals surface area contributed by atoms with Crippen molar-refractivity contribution >= 4 is 34.9 Å². The molecule has 2 fully saturated rings. The minimum absolute atomic E-state index is 0.0521. The number of para-hydroxylation sites is 2. The Hall–Kier alpha value is -5.40. The van der Waals surface area contributed by atoms with E-state index in [4.69, 9.17) is 10.5 Å². The predicted octanol–water partition coefficient (Wildman–Crippen LogP) is 6.50. The summed E-state index contributed by atoms with van der Waals surface area (Å²) in [6.45, 7) is 14.9. The Morgan fingerprint density at radius 3 is 2.38 bits per heavy atom. The highest BCUT2D eigenvalue weighted by molar-refractivity contribution is 6.03. The average molecular weight is 862 g/mol.